The van der Waals surface area contributed by atoms with Gasteiger partial charge in [-0.1, -0.05) is 43.5 Å². The number of hydrogen-bond acceptors (Lipinski definition) is 6. The number of Topliss-reactive ketones (excluding diaryl/α,β-unsaturated/α-hetero) is 1. The van der Waals surface area contributed by atoms with Crippen molar-refractivity contribution in [3.05, 3.63) is 57.4 Å². The lowest BCUT2D eigenvalue weighted by atomic mass is 9.69. The molecule has 3 atom stereocenters. The molecule has 1 aromatic carbocycles. The van der Waals surface area contributed by atoms with Crippen LogP contribution in [0.1, 0.15) is 70.3 Å². The van der Waals surface area contributed by atoms with Crippen LogP contribution in [0.4, 0.5) is 0 Å². The van der Waals surface area contributed by atoms with E-state index in [0.717, 1.165) is 49.8 Å². The van der Waals surface area contributed by atoms with Gasteiger partial charge in [0.15, 0.2) is 5.78 Å². The van der Waals surface area contributed by atoms with Crippen molar-refractivity contribution in [2.24, 2.45) is 11.8 Å². The summed E-state index contributed by atoms with van der Waals surface area (Å²) in [6, 6.07) is 7.15. The molecule has 34 heavy (non-hydrogen) atoms. The molecule has 6 nitrogen and oxygen atoms in total. The fourth-order valence-electron chi connectivity index (χ4n) is 5.51. The van der Waals surface area contributed by atoms with Gasteiger partial charge in [0.25, 0.3) is 0 Å². The number of ether oxygens (including phenoxy) is 2. The highest BCUT2D eigenvalue weighted by molar-refractivity contribution is 6.30. The molecule has 0 amide bonds. The molecule has 4 rings (SSSR count). The van der Waals surface area contributed by atoms with E-state index in [1.54, 1.807) is 12.1 Å². The Morgan fingerprint density at radius 3 is 2.32 bits per heavy atom. The number of nitrogens with one attached hydrogen (secondary N) is 1. The summed E-state index contributed by atoms with van der Waals surface area (Å²) in [5.41, 5.74) is 3.04. The number of benzene rings is 1. The molecule has 0 spiro atoms. The van der Waals surface area contributed by atoms with Crippen molar-refractivity contribution in [3.63, 3.8) is 0 Å². The molecule has 1 fully saturated rings. The fraction of sp³-hybridized carbons (Fsp3) is 0.519. The van der Waals surface area contributed by atoms with Crippen LogP contribution in [-0.4, -0.2) is 30.9 Å². The molecular weight excluding hydrogens is 454 g/mol. The van der Waals surface area contributed by atoms with Crippen molar-refractivity contribution >= 4 is 29.3 Å². The Bertz CT molecular complexity index is 1030. The number of rotatable bonds is 4. The van der Waals surface area contributed by atoms with Crippen molar-refractivity contribution in [3.8, 4) is 0 Å². The Labute approximate surface area is 205 Å². The molecule has 1 aliphatic heterocycles. The zero-order chi connectivity index (χ0) is 24.4. The lowest BCUT2D eigenvalue weighted by molar-refractivity contribution is -0.151. The first-order valence-corrected chi connectivity index (χ1v) is 12.5. The fourth-order valence-corrected chi connectivity index (χ4v) is 5.64. The first-order valence-electron chi connectivity index (χ1n) is 12.1. The molecule has 0 radical (unpaired) electrons. The largest absolute Gasteiger partial charge is 0.468 e. The Kier molecular flexibility index (Phi) is 7.46. The van der Waals surface area contributed by atoms with Gasteiger partial charge in [0.2, 0.25) is 0 Å². The standard InChI is InChI=1S/C27H32ClNO5/c1-15-14-20-24(25(30)21(15)26(31)33-3)23(17-10-12-18(28)13-11-17)22(16(2)29-20)27(32)34-19-8-6-4-5-7-9-19/h10-13,15,19,21,23,29H,4-9,14H2,1-3H3/t15-,21-,23-/m1/s1. The maximum atomic E-state index is 13.7. The maximum absolute atomic E-state index is 13.7. The van der Waals surface area contributed by atoms with E-state index >= 15 is 0 Å². The molecule has 0 aromatic heterocycles. The number of hydrogen-bond donors (Lipinski definition) is 1. The average molecular weight is 486 g/mol. The zero-order valence-corrected chi connectivity index (χ0v) is 20.7. The van der Waals surface area contributed by atoms with E-state index < -0.39 is 23.8 Å². The molecule has 7 heteroatoms. The minimum Gasteiger partial charge on any atom is -0.468 e. The van der Waals surface area contributed by atoms with Crippen molar-refractivity contribution in [2.45, 2.75) is 70.8 Å². The number of carbonyl (C=O) groups excluding carboxylic acids is 3. The molecule has 1 aromatic rings. The molecule has 3 aliphatic rings. The number of esters is 2. The van der Waals surface area contributed by atoms with E-state index in [1.165, 1.54) is 7.11 Å². The van der Waals surface area contributed by atoms with Gasteiger partial charge in [-0.2, -0.15) is 0 Å². The van der Waals surface area contributed by atoms with Crippen LogP contribution in [-0.2, 0) is 23.9 Å². The number of ketones is 1. The summed E-state index contributed by atoms with van der Waals surface area (Å²) in [6.45, 7) is 3.72. The highest BCUT2D eigenvalue weighted by Gasteiger charge is 2.47. The van der Waals surface area contributed by atoms with Gasteiger partial charge in [-0.3, -0.25) is 9.59 Å². The maximum Gasteiger partial charge on any atom is 0.337 e. The minimum absolute atomic E-state index is 0.124. The van der Waals surface area contributed by atoms with Crippen LogP contribution in [0, 0.1) is 11.8 Å². The predicted molar refractivity (Wildman–Crippen MR) is 129 cm³/mol. The van der Waals surface area contributed by atoms with Crippen molar-refractivity contribution in [1.82, 2.24) is 5.32 Å². The third-order valence-electron chi connectivity index (χ3n) is 7.24. The molecule has 1 saturated carbocycles. The Hall–Kier alpha value is -2.60. The highest BCUT2D eigenvalue weighted by atomic mass is 35.5. The van der Waals surface area contributed by atoms with Gasteiger partial charge in [0, 0.05) is 27.9 Å². The van der Waals surface area contributed by atoms with E-state index in [9.17, 15) is 14.4 Å². The number of allylic oxidation sites excluding steroid dienone is 3. The molecule has 0 bridgehead atoms. The molecule has 1 heterocycles. The summed E-state index contributed by atoms with van der Waals surface area (Å²) >= 11 is 6.14. The summed E-state index contributed by atoms with van der Waals surface area (Å²) in [5.74, 6) is -3.03. The molecular formula is C27H32ClNO5. The molecule has 0 unspecified atom stereocenters. The molecule has 0 saturated heterocycles. The lowest BCUT2D eigenvalue weighted by Crippen LogP contribution is -2.43. The number of methoxy groups -OCH3 is 1. The minimum atomic E-state index is -0.905. The van der Waals surface area contributed by atoms with Gasteiger partial charge in [0.1, 0.15) is 12.0 Å². The van der Waals surface area contributed by atoms with Crippen LogP contribution in [0.3, 0.4) is 0 Å². The zero-order valence-electron chi connectivity index (χ0n) is 20.0. The summed E-state index contributed by atoms with van der Waals surface area (Å²) in [5, 5.41) is 3.87. The second-order valence-electron chi connectivity index (χ2n) is 9.61. The number of dihydropyridines is 1. The van der Waals surface area contributed by atoms with Gasteiger partial charge in [0.05, 0.1) is 12.7 Å². The summed E-state index contributed by atoms with van der Waals surface area (Å²) in [7, 11) is 1.29. The van der Waals surface area contributed by atoms with Gasteiger partial charge in [-0.15, -0.1) is 0 Å². The van der Waals surface area contributed by atoms with E-state index in [4.69, 9.17) is 21.1 Å². The van der Waals surface area contributed by atoms with E-state index in [-0.39, 0.29) is 17.8 Å². The van der Waals surface area contributed by atoms with Gasteiger partial charge < -0.3 is 14.8 Å². The topological polar surface area (TPSA) is 81.7 Å². The number of carbonyl (C=O) groups is 3. The van der Waals surface area contributed by atoms with E-state index in [2.05, 4.69) is 5.32 Å². The average Bonchev–Trinajstić information content (AvgIpc) is 3.07. The monoisotopic (exact) mass is 485 g/mol. The highest BCUT2D eigenvalue weighted by Crippen LogP contribution is 2.45. The van der Waals surface area contributed by atoms with Crippen LogP contribution in [0.2, 0.25) is 5.02 Å². The third-order valence-corrected chi connectivity index (χ3v) is 7.49. The summed E-state index contributed by atoms with van der Waals surface area (Å²) in [4.78, 5) is 39.8. The van der Waals surface area contributed by atoms with E-state index in [1.807, 2.05) is 26.0 Å². The summed E-state index contributed by atoms with van der Waals surface area (Å²) < 4.78 is 11.0. The van der Waals surface area contributed by atoms with Gasteiger partial charge in [-0.25, -0.2) is 4.79 Å². The normalized spacial score (nSPS) is 25.9. The molecule has 2 aliphatic carbocycles. The second-order valence-corrected chi connectivity index (χ2v) is 10.0. The Morgan fingerprint density at radius 2 is 1.71 bits per heavy atom. The Balaban J connectivity index is 1.76. The Morgan fingerprint density at radius 1 is 1.06 bits per heavy atom. The van der Waals surface area contributed by atoms with Crippen molar-refractivity contribution < 1.29 is 23.9 Å². The second kappa shape index (κ2) is 10.3. The van der Waals surface area contributed by atoms with E-state index in [0.29, 0.717) is 28.3 Å². The van der Waals surface area contributed by atoms with Gasteiger partial charge >= 0.3 is 11.9 Å². The van der Waals surface area contributed by atoms with Crippen LogP contribution >= 0.6 is 11.6 Å². The SMILES string of the molecule is COC(=O)[C@H]1C(=O)C2=C(C[C@H]1C)NC(C)=C(C(=O)OC1CCCCCC1)[C@H]2c1ccc(Cl)cc1. The first-order chi connectivity index (χ1) is 16.3. The van der Waals surface area contributed by atoms with Crippen LogP contribution < -0.4 is 5.32 Å². The first kappa shape index (κ1) is 24.5. The quantitative estimate of drug-likeness (QED) is 0.358. The molecule has 182 valence electrons. The smallest absolute Gasteiger partial charge is 0.337 e. The predicted octanol–water partition coefficient (Wildman–Crippen LogP) is 5.22. The lowest BCUT2D eigenvalue weighted by Gasteiger charge is -2.38. The van der Waals surface area contributed by atoms with Crippen LogP contribution in [0.15, 0.2) is 46.8 Å². The van der Waals surface area contributed by atoms with Gasteiger partial charge in [-0.05, 0) is 62.6 Å². The summed E-state index contributed by atoms with van der Waals surface area (Å²) in [6.07, 6.45) is 6.49. The molecule has 1 N–H and O–H groups in total. The van der Waals surface area contributed by atoms with Crippen molar-refractivity contribution in [1.29, 1.82) is 0 Å². The van der Waals surface area contributed by atoms with Crippen LogP contribution in [0.5, 0.6) is 0 Å². The van der Waals surface area contributed by atoms with Crippen LogP contribution in [0.25, 0.3) is 0 Å². The third kappa shape index (κ3) is 4.78. The van der Waals surface area contributed by atoms with Crippen molar-refractivity contribution in [2.75, 3.05) is 7.11 Å². The number of halogens is 1.